The lowest BCUT2D eigenvalue weighted by atomic mass is 9.89. The highest BCUT2D eigenvalue weighted by Gasteiger charge is 2.47. The van der Waals surface area contributed by atoms with E-state index in [-0.39, 0.29) is 42.7 Å². The molecule has 11 nitrogen and oxygen atoms in total. The van der Waals surface area contributed by atoms with Crippen molar-refractivity contribution in [3.05, 3.63) is 114 Å². The molecule has 1 aliphatic rings. The molecular weight excluding hydrogens is 653 g/mol. The normalized spacial score (nSPS) is 18.1. The number of allylic oxidation sites excluding steroid dienone is 2. The van der Waals surface area contributed by atoms with Crippen LogP contribution >= 0.6 is 11.8 Å². The van der Waals surface area contributed by atoms with Crippen LogP contribution in [-0.4, -0.2) is 70.1 Å². The molecule has 2 unspecified atom stereocenters. The quantitative estimate of drug-likeness (QED) is 0.121. The Morgan fingerprint density at radius 1 is 1.17 bits per heavy atom. The average Bonchev–Trinajstić information content (AvgIpc) is 3.58. The summed E-state index contributed by atoms with van der Waals surface area (Å²) < 4.78 is 72.1. The number of carbonyl (C=O) groups is 2. The van der Waals surface area contributed by atoms with Gasteiger partial charge in [0.25, 0.3) is 0 Å². The molecule has 1 aromatic heterocycles. The van der Waals surface area contributed by atoms with Crippen LogP contribution in [0.25, 0.3) is 6.08 Å². The summed E-state index contributed by atoms with van der Waals surface area (Å²) in [5.41, 5.74) is -1.44. The molecule has 4 rings (SSSR count). The van der Waals surface area contributed by atoms with Gasteiger partial charge in [0.2, 0.25) is 0 Å². The molecule has 0 N–H and O–H groups in total. The third kappa shape index (κ3) is 9.80. The number of hydrogen-bond donors (Lipinski definition) is 0. The zero-order valence-electron chi connectivity index (χ0n) is 25.7. The number of thioether (sulfide) groups is 1. The van der Waals surface area contributed by atoms with Gasteiger partial charge in [0.15, 0.2) is 18.5 Å². The van der Waals surface area contributed by atoms with Gasteiger partial charge in [0.05, 0.1) is 36.6 Å². The van der Waals surface area contributed by atoms with Crippen molar-refractivity contribution in [1.82, 2.24) is 14.8 Å². The molecule has 3 aromatic rings. The van der Waals surface area contributed by atoms with Gasteiger partial charge < -0.3 is 23.7 Å². The highest BCUT2D eigenvalue weighted by atomic mass is 32.2. The maximum Gasteiger partial charge on any atom is 0.509 e. The molecular formula is C33H31F3N4O7S. The lowest BCUT2D eigenvalue weighted by molar-refractivity contribution is -0.167. The van der Waals surface area contributed by atoms with E-state index < -0.39 is 53.3 Å². The number of carbonyl (C=O) groups excluding carboxylic acids is 2. The molecule has 48 heavy (non-hydrogen) atoms. The van der Waals surface area contributed by atoms with E-state index >= 15 is 4.39 Å². The Labute approximate surface area is 278 Å². The molecule has 1 aliphatic heterocycles. The second-order valence-electron chi connectivity index (χ2n) is 10.2. The number of halogens is 3. The van der Waals surface area contributed by atoms with E-state index in [1.165, 1.54) is 59.4 Å². The van der Waals surface area contributed by atoms with Crippen LogP contribution in [-0.2, 0) is 40.6 Å². The van der Waals surface area contributed by atoms with E-state index in [2.05, 4.69) is 16.7 Å². The van der Waals surface area contributed by atoms with Crippen molar-refractivity contribution in [2.75, 3.05) is 26.4 Å². The number of ether oxygens (including phenoxy) is 5. The van der Waals surface area contributed by atoms with Gasteiger partial charge in [-0.2, -0.15) is 10.4 Å². The fourth-order valence-corrected chi connectivity index (χ4v) is 6.01. The first-order valence-electron chi connectivity index (χ1n) is 14.5. The summed E-state index contributed by atoms with van der Waals surface area (Å²) in [5.74, 6) is -3.37. The van der Waals surface area contributed by atoms with Crippen LogP contribution < -0.4 is 0 Å². The van der Waals surface area contributed by atoms with Crippen molar-refractivity contribution in [2.24, 2.45) is 0 Å². The predicted octanol–water partition coefficient (Wildman–Crippen LogP) is 5.48. The van der Waals surface area contributed by atoms with Gasteiger partial charge in [0, 0.05) is 22.4 Å². The van der Waals surface area contributed by atoms with Gasteiger partial charge in [-0.1, -0.05) is 36.9 Å². The van der Waals surface area contributed by atoms with E-state index in [4.69, 9.17) is 28.9 Å². The minimum absolute atomic E-state index is 0.143. The molecule has 0 spiro atoms. The molecule has 0 aliphatic carbocycles. The molecule has 2 heterocycles. The van der Waals surface area contributed by atoms with E-state index in [1.807, 2.05) is 6.07 Å². The van der Waals surface area contributed by atoms with Crippen LogP contribution in [0.3, 0.4) is 0 Å². The second kappa shape index (κ2) is 17.3. The number of nitrogens with zero attached hydrogens (tertiary/aromatic N) is 4. The summed E-state index contributed by atoms with van der Waals surface area (Å²) in [6.45, 7) is 4.26. The Morgan fingerprint density at radius 3 is 2.62 bits per heavy atom. The van der Waals surface area contributed by atoms with Crippen LogP contribution in [0.1, 0.15) is 23.6 Å². The van der Waals surface area contributed by atoms with Crippen molar-refractivity contribution in [3.8, 4) is 6.07 Å². The van der Waals surface area contributed by atoms with Crippen LogP contribution in [0.4, 0.5) is 18.0 Å². The summed E-state index contributed by atoms with van der Waals surface area (Å²) in [7, 11) is 0. The first-order valence-corrected chi connectivity index (χ1v) is 15.4. The van der Waals surface area contributed by atoms with E-state index in [0.29, 0.717) is 11.6 Å². The Kier molecular flexibility index (Phi) is 13.0. The van der Waals surface area contributed by atoms with Gasteiger partial charge in [-0.05, 0) is 37.3 Å². The lowest BCUT2D eigenvalue weighted by Crippen LogP contribution is -2.47. The lowest BCUT2D eigenvalue weighted by Gasteiger charge is -2.40. The minimum atomic E-state index is -1.82. The third-order valence-corrected chi connectivity index (χ3v) is 8.35. The van der Waals surface area contributed by atoms with Gasteiger partial charge in [-0.3, -0.25) is 0 Å². The second-order valence-corrected chi connectivity index (χ2v) is 11.9. The minimum Gasteiger partial charge on any atom is -0.448 e. The highest BCUT2D eigenvalue weighted by Crippen LogP contribution is 2.42. The monoisotopic (exact) mass is 684 g/mol. The van der Waals surface area contributed by atoms with Crippen molar-refractivity contribution >= 4 is 30.0 Å². The molecule has 0 bridgehead atoms. The number of hydrogen-bond acceptors (Lipinski definition) is 11. The third-order valence-electron chi connectivity index (χ3n) is 6.90. The first kappa shape index (κ1) is 35.9. The van der Waals surface area contributed by atoms with E-state index in [9.17, 15) is 18.4 Å². The zero-order chi connectivity index (χ0) is 34.5. The summed E-state index contributed by atoms with van der Waals surface area (Å²) in [4.78, 5) is 28.8. The fourth-order valence-electron chi connectivity index (χ4n) is 4.64. The Balaban J connectivity index is 1.48. The Hall–Kier alpha value is -4.91. The highest BCUT2D eigenvalue weighted by molar-refractivity contribution is 8.00. The van der Waals surface area contributed by atoms with Crippen LogP contribution in [0.15, 0.2) is 79.9 Å². The van der Waals surface area contributed by atoms with E-state index in [1.54, 1.807) is 25.2 Å². The van der Waals surface area contributed by atoms with Gasteiger partial charge in [0.1, 0.15) is 36.7 Å². The topological polar surface area (TPSA) is 135 Å². The fraction of sp³-hybridized carbons (Fsp3) is 0.303. The molecule has 15 heteroatoms. The average molecular weight is 685 g/mol. The summed E-state index contributed by atoms with van der Waals surface area (Å²) >= 11 is 1.27. The maximum atomic E-state index is 15.5. The van der Waals surface area contributed by atoms with Crippen LogP contribution in [0.5, 0.6) is 0 Å². The molecule has 2 aromatic carbocycles. The Morgan fingerprint density at radius 2 is 1.96 bits per heavy atom. The number of esters is 1. The molecule has 2 atom stereocenters. The molecule has 252 valence electrons. The van der Waals surface area contributed by atoms with Crippen molar-refractivity contribution in [2.45, 2.75) is 35.9 Å². The van der Waals surface area contributed by atoms with Gasteiger partial charge >= 0.3 is 12.1 Å². The first-order chi connectivity index (χ1) is 23.1. The van der Waals surface area contributed by atoms with Gasteiger partial charge in [-0.15, -0.1) is 11.8 Å². The number of nitriles is 1. The summed E-state index contributed by atoms with van der Waals surface area (Å²) in [5, 5.41) is 11.9. The maximum absolute atomic E-state index is 15.5. The van der Waals surface area contributed by atoms with Crippen LogP contribution in [0, 0.1) is 28.8 Å². The summed E-state index contributed by atoms with van der Waals surface area (Å²) in [6, 6.07) is 8.93. The van der Waals surface area contributed by atoms with Crippen molar-refractivity contribution < 1.29 is 46.4 Å². The SMILES string of the molecule is C=CCOC(=O)OCC(=O)OC(Cn1cncn1)(c1ccc(F)cc1F)C(C)SC1COC(C=CC=Cc2ccc(C#N)cc2F)OC1. The summed E-state index contributed by atoms with van der Waals surface area (Å²) in [6.07, 6.45) is 8.47. The van der Waals surface area contributed by atoms with Crippen molar-refractivity contribution in [3.63, 3.8) is 0 Å². The molecule has 1 saturated heterocycles. The molecule has 0 radical (unpaired) electrons. The number of benzene rings is 2. The molecule has 0 amide bonds. The number of aromatic nitrogens is 3. The molecule has 1 fully saturated rings. The largest absolute Gasteiger partial charge is 0.509 e. The predicted molar refractivity (Wildman–Crippen MR) is 167 cm³/mol. The van der Waals surface area contributed by atoms with E-state index in [0.717, 1.165) is 12.1 Å². The van der Waals surface area contributed by atoms with Crippen LogP contribution in [0.2, 0.25) is 0 Å². The zero-order valence-corrected chi connectivity index (χ0v) is 26.5. The van der Waals surface area contributed by atoms with Gasteiger partial charge in [-0.25, -0.2) is 32.4 Å². The smallest absolute Gasteiger partial charge is 0.448 e. The standard InChI is InChI=1S/C33H31F3N4O7S/c1-3-12-43-32(42)46-18-30(41)47-33(19-40-21-38-20-39-40,27-11-10-25(34)14-29(27)36)22(2)48-26-16-44-31(45-17-26)7-5-4-6-24-9-8-23(15-37)13-28(24)35/h3-11,13-14,20-22,26,31H,1,12,16-19H2,2H3. The Bertz CT molecular complexity index is 1670. The van der Waals surface area contributed by atoms with Crippen molar-refractivity contribution in [1.29, 1.82) is 5.26 Å². The molecule has 0 saturated carbocycles. The number of rotatable bonds is 14.